The first-order valence-electron chi connectivity index (χ1n) is 10.0. The van der Waals surface area contributed by atoms with E-state index in [9.17, 15) is 13.2 Å². The van der Waals surface area contributed by atoms with Crippen LogP contribution in [0.5, 0.6) is 0 Å². The Bertz CT molecular complexity index is 768. The Kier molecular flexibility index (Phi) is 5.54. The lowest BCUT2D eigenvalue weighted by molar-refractivity contribution is -0.140. The Morgan fingerprint density at radius 1 is 1.00 bits per heavy atom. The van der Waals surface area contributed by atoms with E-state index in [-0.39, 0.29) is 10.8 Å². The average Bonchev–Trinajstić information content (AvgIpc) is 3.12. The van der Waals surface area contributed by atoms with Crippen LogP contribution in [-0.2, 0) is 14.8 Å². The first-order valence-corrected chi connectivity index (χ1v) is 12.5. The molecular formula is C20H28N2O3S2. The maximum absolute atomic E-state index is 13.2. The molecule has 0 radical (unpaired) electrons. The fourth-order valence-electron chi connectivity index (χ4n) is 4.72. The van der Waals surface area contributed by atoms with Gasteiger partial charge >= 0.3 is 0 Å². The molecule has 27 heavy (non-hydrogen) atoms. The molecule has 0 atom stereocenters. The van der Waals surface area contributed by atoms with Crippen LogP contribution in [0.2, 0.25) is 0 Å². The highest BCUT2D eigenvalue weighted by Gasteiger charge is 2.49. The molecule has 1 spiro atoms. The van der Waals surface area contributed by atoms with E-state index in [2.05, 4.69) is 4.90 Å². The van der Waals surface area contributed by atoms with Crippen LogP contribution < -0.4 is 0 Å². The van der Waals surface area contributed by atoms with Crippen LogP contribution in [0.3, 0.4) is 0 Å². The third kappa shape index (κ3) is 3.66. The van der Waals surface area contributed by atoms with Crippen molar-refractivity contribution in [3.8, 4) is 0 Å². The Morgan fingerprint density at radius 2 is 1.67 bits per heavy atom. The first-order chi connectivity index (χ1) is 13.0. The van der Waals surface area contributed by atoms with Gasteiger partial charge in [0.05, 0.1) is 9.77 Å². The molecule has 1 aromatic rings. The lowest BCUT2D eigenvalue weighted by Gasteiger charge is -2.44. The van der Waals surface area contributed by atoms with Gasteiger partial charge in [-0.3, -0.25) is 4.79 Å². The molecule has 5 nitrogen and oxygen atoms in total. The van der Waals surface area contributed by atoms with Crippen molar-refractivity contribution in [3.63, 3.8) is 0 Å². The molecule has 3 aliphatic rings. The highest BCUT2D eigenvalue weighted by Crippen LogP contribution is 2.46. The van der Waals surface area contributed by atoms with Gasteiger partial charge in [-0.1, -0.05) is 37.5 Å². The van der Waals surface area contributed by atoms with Crippen LogP contribution in [-0.4, -0.2) is 53.8 Å². The van der Waals surface area contributed by atoms with Crippen molar-refractivity contribution in [1.82, 2.24) is 9.21 Å². The quantitative estimate of drug-likeness (QED) is 0.770. The third-order valence-corrected chi connectivity index (χ3v) is 9.75. The van der Waals surface area contributed by atoms with Crippen molar-refractivity contribution in [2.24, 2.45) is 5.92 Å². The van der Waals surface area contributed by atoms with E-state index in [0.717, 1.165) is 50.8 Å². The molecule has 2 heterocycles. The van der Waals surface area contributed by atoms with E-state index < -0.39 is 10.0 Å². The highest BCUT2D eigenvalue weighted by molar-refractivity contribution is 8.00. The fourth-order valence-corrected chi connectivity index (χ4v) is 7.65. The van der Waals surface area contributed by atoms with Gasteiger partial charge < -0.3 is 4.90 Å². The number of nitrogens with zero attached hydrogens (tertiary/aromatic N) is 2. The van der Waals surface area contributed by atoms with Crippen molar-refractivity contribution >= 4 is 27.7 Å². The van der Waals surface area contributed by atoms with E-state index in [0.29, 0.717) is 23.9 Å². The Labute approximate surface area is 166 Å². The van der Waals surface area contributed by atoms with Crippen LogP contribution >= 0.6 is 11.8 Å². The number of rotatable bonds is 3. The number of thioether (sulfide) groups is 1. The second-order valence-electron chi connectivity index (χ2n) is 7.84. The van der Waals surface area contributed by atoms with Crippen molar-refractivity contribution in [2.75, 3.05) is 25.4 Å². The zero-order chi connectivity index (χ0) is 18.9. The SMILES string of the molecule is O=C(C1CCCCC1)N1CCSC12CCN(S(=O)(=O)c1ccccc1)CC2. The van der Waals surface area contributed by atoms with Gasteiger partial charge in [0, 0.05) is 31.3 Å². The molecule has 2 aliphatic heterocycles. The molecule has 0 bridgehead atoms. The Hall–Kier alpha value is -1.05. The minimum absolute atomic E-state index is 0.181. The number of amides is 1. The standard InChI is InChI=1S/C20H28N2O3S2/c23-19(17-7-3-1-4-8-17)22-15-16-26-20(22)11-13-21(14-12-20)27(24,25)18-9-5-2-6-10-18/h2,5-6,9-10,17H,1,3-4,7-8,11-16H2. The van der Waals surface area contributed by atoms with E-state index in [1.165, 1.54) is 6.42 Å². The normalized spacial score (nSPS) is 24.4. The second kappa shape index (κ2) is 7.76. The van der Waals surface area contributed by atoms with Crippen LogP contribution in [0.1, 0.15) is 44.9 Å². The summed E-state index contributed by atoms with van der Waals surface area (Å²) in [5.74, 6) is 1.46. The fraction of sp³-hybridized carbons (Fsp3) is 0.650. The van der Waals surface area contributed by atoms with E-state index in [4.69, 9.17) is 0 Å². The first kappa shape index (κ1) is 19.3. The summed E-state index contributed by atoms with van der Waals surface area (Å²) >= 11 is 1.86. The van der Waals surface area contributed by atoms with E-state index in [1.807, 2.05) is 17.8 Å². The summed E-state index contributed by atoms with van der Waals surface area (Å²) in [5, 5.41) is 0. The van der Waals surface area contributed by atoms with Crippen molar-refractivity contribution in [1.29, 1.82) is 0 Å². The zero-order valence-electron chi connectivity index (χ0n) is 15.7. The molecule has 1 aromatic carbocycles. The predicted octanol–water partition coefficient (Wildman–Crippen LogP) is 3.32. The molecule has 7 heteroatoms. The number of benzene rings is 1. The van der Waals surface area contributed by atoms with E-state index >= 15 is 0 Å². The molecule has 3 fully saturated rings. The Balaban J connectivity index is 1.46. The van der Waals surface area contributed by atoms with Gasteiger partial charge in [-0.25, -0.2) is 8.42 Å². The maximum Gasteiger partial charge on any atom is 0.243 e. The molecule has 0 unspecified atom stereocenters. The molecule has 0 aromatic heterocycles. The largest absolute Gasteiger partial charge is 0.327 e. The lowest BCUT2D eigenvalue weighted by Crippen LogP contribution is -2.54. The summed E-state index contributed by atoms with van der Waals surface area (Å²) in [6.07, 6.45) is 7.05. The summed E-state index contributed by atoms with van der Waals surface area (Å²) in [5.41, 5.74) is 0. The lowest BCUT2D eigenvalue weighted by atomic mass is 9.87. The van der Waals surface area contributed by atoms with Gasteiger partial charge in [0.2, 0.25) is 15.9 Å². The second-order valence-corrected chi connectivity index (χ2v) is 11.2. The highest BCUT2D eigenvalue weighted by atomic mass is 32.2. The van der Waals surface area contributed by atoms with Gasteiger partial charge in [-0.15, -0.1) is 11.8 Å². The van der Waals surface area contributed by atoms with Crippen LogP contribution in [0.15, 0.2) is 35.2 Å². The molecule has 4 rings (SSSR count). The Morgan fingerprint density at radius 3 is 2.33 bits per heavy atom. The summed E-state index contributed by atoms with van der Waals surface area (Å²) in [6, 6.07) is 8.66. The summed E-state index contributed by atoms with van der Waals surface area (Å²) in [4.78, 5) is 15.4. The van der Waals surface area contributed by atoms with Gasteiger partial charge in [0.15, 0.2) is 0 Å². The van der Waals surface area contributed by atoms with Gasteiger partial charge in [0.25, 0.3) is 0 Å². The van der Waals surface area contributed by atoms with Gasteiger partial charge in [0.1, 0.15) is 0 Å². The number of carbonyl (C=O) groups excluding carboxylic acids is 1. The summed E-state index contributed by atoms with van der Waals surface area (Å²) < 4.78 is 27.4. The average molecular weight is 409 g/mol. The van der Waals surface area contributed by atoms with Crippen LogP contribution in [0, 0.1) is 5.92 Å². The number of sulfonamides is 1. The van der Waals surface area contributed by atoms with Gasteiger partial charge in [-0.2, -0.15) is 4.31 Å². The molecule has 148 valence electrons. The maximum atomic E-state index is 13.2. The van der Waals surface area contributed by atoms with Crippen LogP contribution in [0.25, 0.3) is 0 Å². The monoisotopic (exact) mass is 408 g/mol. The number of carbonyl (C=O) groups is 1. The molecule has 2 saturated heterocycles. The summed E-state index contributed by atoms with van der Waals surface area (Å²) in [7, 11) is -3.45. The smallest absolute Gasteiger partial charge is 0.243 e. The molecule has 0 N–H and O–H groups in total. The van der Waals surface area contributed by atoms with Crippen molar-refractivity contribution in [3.05, 3.63) is 30.3 Å². The third-order valence-electron chi connectivity index (χ3n) is 6.28. The molecule has 1 aliphatic carbocycles. The topological polar surface area (TPSA) is 57.7 Å². The number of hydrogen-bond donors (Lipinski definition) is 0. The number of hydrogen-bond acceptors (Lipinski definition) is 4. The minimum atomic E-state index is -3.45. The zero-order valence-corrected chi connectivity index (χ0v) is 17.3. The van der Waals surface area contributed by atoms with E-state index in [1.54, 1.807) is 28.6 Å². The minimum Gasteiger partial charge on any atom is -0.327 e. The van der Waals surface area contributed by atoms with Crippen molar-refractivity contribution in [2.45, 2.75) is 54.7 Å². The summed E-state index contributed by atoms with van der Waals surface area (Å²) in [6.45, 7) is 1.78. The van der Waals surface area contributed by atoms with Crippen molar-refractivity contribution < 1.29 is 13.2 Å². The molecule has 1 saturated carbocycles. The van der Waals surface area contributed by atoms with Gasteiger partial charge in [-0.05, 0) is 37.8 Å². The van der Waals surface area contributed by atoms with Crippen LogP contribution in [0.4, 0.5) is 0 Å². The predicted molar refractivity (Wildman–Crippen MR) is 108 cm³/mol. The molecule has 1 amide bonds. The number of piperidine rings is 1. The molecular weight excluding hydrogens is 380 g/mol.